The second-order valence-electron chi connectivity index (χ2n) is 6.47. The molecule has 142 valence electrons. The Bertz CT molecular complexity index is 1090. The lowest BCUT2D eigenvalue weighted by molar-refractivity contribution is 0.309. The lowest BCUT2D eigenvalue weighted by Gasteiger charge is -2.43. The highest BCUT2D eigenvalue weighted by atomic mass is 32.2. The average Bonchev–Trinajstić information content (AvgIpc) is 3.03. The predicted molar refractivity (Wildman–Crippen MR) is 99.4 cm³/mol. The summed E-state index contributed by atoms with van der Waals surface area (Å²) < 4.78 is 40.5. The molecule has 0 bridgehead atoms. The van der Waals surface area contributed by atoms with Crippen LogP contribution in [0, 0.1) is 5.82 Å². The summed E-state index contributed by atoms with van der Waals surface area (Å²) in [6.45, 7) is 2.76. The van der Waals surface area contributed by atoms with Crippen molar-refractivity contribution in [2.75, 3.05) is 30.8 Å². The molecule has 1 fully saturated rings. The van der Waals surface area contributed by atoms with Crippen molar-refractivity contribution in [3.8, 4) is 11.4 Å². The number of fused-ring (bicyclic) bond motifs is 1. The first-order valence-corrected chi connectivity index (χ1v) is 10.2. The Morgan fingerprint density at radius 2 is 2.00 bits per heavy atom. The Kier molecular flexibility index (Phi) is 4.31. The van der Waals surface area contributed by atoms with E-state index >= 15 is 0 Å². The topological polar surface area (TPSA) is 83.7 Å². The van der Waals surface area contributed by atoms with E-state index in [-0.39, 0.29) is 17.6 Å². The van der Waals surface area contributed by atoms with Crippen LogP contribution in [-0.4, -0.2) is 64.5 Å². The molecule has 1 aliphatic rings. The van der Waals surface area contributed by atoms with Crippen LogP contribution in [0.2, 0.25) is 0 Å². The van der Waals surface area contributed by atoms with Crippen LogP contribution in [-0.2, 0) is 10.0 Å². The predicted octanol–water partition coefficient (Wildman–Crippen LogP) is 1.40. The number of nitrogens with zero attached hydrogens (tertiary/aromatic N) is 6. The van der Waals surface area contributed by atoms with Gasteiger partial charge < -0.3 is 4.90 Å². The van der Waals surface area contributed by atoms with Crippen molar-refractivity contribution in [1.29, 1.82) is 0 Å². The van der Waals surface area contributed by atoms with Gasteiger partial charge in [0.1, 0.15) is 11.6 Å². The molecule has 1 saturated heterocycles. The van der Waals surface area contributed by atoms with E-state index in [1.165, 1.54) is 16.4 Å². The number of anilines is 1. The van der Waals surface area contributed by atoms with E-state index in [2.05, 4.69) is 15.3 Å². The molecule has 0 atom stereocenters. The molecule has 0 amide bonds. The molecular weight excluding hydrogens is 371 g/mol. The van der Waals surface area contributed by atoms with E-state index in [4.69, 9.17) is 0 Å². The van der Waals surface area contributed by atoms with Crippen molar-refractivity contribution >= 4 is 21.5 Å². The molecule has 8 nitrogen and oxygen atoms in total. The molecule has 10 heteroatoms. The molecule has 27 heavy (non-hydrogen) atoms. The number of aromatic nitrogens is 4. The first kappa shape index (κ1) is 17.8. The molecule has 0 unspecified atom stereocenters. The molecule has 0 spiro atoms. The van der Waals surface area contributed by atoms with Gasteiger partial charge in [0.15, 0.2) is 11.5 Å². The zero-order valence-corrected chi connectivity index (χ0v) is 15.8. The summed E-state index contributed by atoms with van der Waals surface area (Å²) in [5, 5.41) is 12.8. The van der Waals surface area contributed by atoms with Crippen molar-refractivity contribution in [1.82, 2.24) is 24.1 Å². The van der Waals surface area contributed by atoms with Gasteiger partial charge in [0.05, 0.1) is 11.8 Å². The molecule has 3 heterocycles. The summed E-state index contributed by atoms with van der Waals surface area (Å²) in [7, 11) is -1.60. The lowest BCUT2D eigenvalue weighted by atomic mass is 10.1. The van der Waals surface area contributed by atoms with E-state index in [0.29, 0.717) is 35.9 Å². The van der Waals surface area contributed by atoms with Gasteiger partial charge in [0, 0.05) is 25.7 Å². The van der Waals surface area contributed by atoms with Crippen LogP contribution in [0.3, 0.4) is 0 Å². The second-order valence-corrected chi connectivity index (χ2v) is 8.79. The quantitative estimate of drug-likeness (QED) is 0.655. The highest BCUT2D eigenvalue weighted by molar-refractivity contribution is 7.89. The van der Waals surface area contributed by atoms with Crippen LogP contribution in [0.4, 0.5) is 10.2 Å². The Balaban J connectivity index is 1.59. The van der Waals surface area contributed by atoms with Gasteiger partial charge in [-0.25, -0.2) is 12.8 Å². The van der Waals surface area contributed by atoms with Gasteiger partial charge in [-0.2, -0.15) is 8.82 Å². The van der Waals surface area contributed by atoms with Crippen LogP contribution in [0.15, 0.2) is 36.4 Å². The maximum Gasteiger partial charge on any atom is 0.213 e. The molecule has 0 N–H and O–H groups in total. The van der Waals surface area contributed by atoms with E-state index < -0.39 is 10.0 Å². The Morgan fingerprint density at radius 3 is 2.70 bits per heavy atom. The number of benzene rings is 1. The highest BCUT2D eigenvalue weighted by Crippen LogP contribution is 2.25. The Morgan fingerprint density at radius 1 is 1.22 bits per heavy atom. The van der Waals surface area contributed by atoms with Gasteiger partial charge in [0.2, 0.25) is 10.0 Å². The lowest BCUT2D eigenvalue weighted by Crippen LogP contribution is -2.60. The fourth-order valence-electron chi connectivity index (χ4n) is 3.06. The van der Waals surface area contributed by atoms with Crippen molar-refractivity contribution in [2.24, 2.45) is 0 Å². The van der Waals surface area contributed by atoms with Crippen LogP contribution < -0.4 is 4.90 Å². The van der Waals surface area contributed by atoms with E-state index in [9.17, 15) is 12.8 Å². The summed E-state index contributed by atoms with van der Waals surface area (Å²) in [5.74, 6) is 0.876. The average molecular weight is 390 g/mol. The molecule has 1 aliphatic heterocycles. The Hall–Kier alpha value is -2.59. The third kappa shape index (κ3) is 3.15. The number of hydrogen-bond acceptors (Lipinski definition) is 6. The van der Waals surface area contributed by atoms with Gasteiger partial charge in [-0.05, 0) is 31.2 Å². The van der Waals surface area contributed by atoms with Crippen LogP contribution >= 0.6 is 0 Å². The van der Waals surface area contributed by atoms with Crippen molar-refractivity contribution in [2.45, 2.75) is 13.0 Å². The molecule has 4 rings (SSSR count). The largest absolute Gasteiger partial charge is 0.352 e. The molecule has 0 radical (unpaired) electrons. The highest BCUT2D eigenvalue weighted by Gasteiger charge is 2.36. The minimum Gasteiger partial charge on any atom is -0.352 e. The first-order chi connectivity index (χ1) is 12.9. The second kappa shape index (κ2) is 6.54. The molecule has 0 saturated carbocycles. The third-order valence-corrected chi connectivity index (χ3v) is 6.74. The van der Waals surface area contributed by atoms with Crippen LogP contribution in [0.5, 0.6) is 0 Å². The van der Waals surface area contributed by atoms with Gasteiger partial charge in [-0.3, -0.25) is 0 Å². The van der Waals surface area contributed by atoms with E-state index in [1.54, 1.807) is 36.7 Å². The molecule has 1 aromatic carbocycles. The zero-order chi connectivity index (χ0) is 19.2. The van der Waals surface area contributed by atoms with Crippen molar-refractivity contribution < 1.29 is 12.8 Å². The summed E-state index contributed by atoms with van der Waals surface area (Å²) in [6.07, 6.45) is 0. The fourth-order valence-corrected chi connectivity index (χ4v) is 4.05. The van der Waals surface area contributed by atoms with Gasteiger partial charge in [0.25, 0.3) is 0 Å². The summed E-state index contributed by atoms with van der Waals surface area (Å²) in [5.41, 5.74) is 1.14. The van der Waals surface area contributed by atoms with Gasteiger partial charge in [-0.1, -0.05) is 12.1 Å². The number of hydrogen-bond donors (Lipinski definition) is 0. The molecule has 0 aliphatic carbocycles. The summed E-state index contributed by atoms with van der Waals surface area (Å²) in [6, 6.07) is 9.65. The zero-order valence-electron chi connectivity index (χ0n) is 14.9. The minimum atomic E-state index is -3.21. The first-order valence-electron chi connectivity index (χ1n) is 8.58. The maximum atomic E-state index is 13.5. The molecular formula is C17H19FN6O2S. The van der Waals surface area contributed by atoms with Gasteiger partial charge in [-0.15, -0.1) is 15.3 Å². The number of rotatable bonds is 5. The van der Waals surface area contributed by atoms with Gasteiger partial charge >= 0.3 is 0 Å². The number of halogens is 1. The minimum absolute atomic E-state index is 0.0731. The monoisotopic (exact) mass is 390 g/mol. The van der Waals surface area contributed by atoms with Crippen molar-refractivity contribution in [3.63, 3.8) is 0 Å². The van der Waals surface area contributed by atoms with Crippen molar-refractivity contribution in [3.05, 3.63) is 42.2 Å². The molecule has 2 aromatic heterocycles. The maximum absolute atomic E-state index is 13.5. The normalized spacial score (nSPS) is 15.5. The SMILES string of the molecule is CCS(=O)(=O)N(C)C1CN(c2ccc3nnc(-c4cccc(F)c4)n3n2)C1. The third-order valence-electron chi connectivity index (χ3n) is 4.84. The number of likely N-dealkylation sites (N-methyl/N-ethyl adjacent to an activating group) is 1. The summed E-state index contributed by atoms with van der Waals surface area (Å²) in [4.78, 5) is 1.99. The van der Waals surface area contributed by atoms with Crippen LogP contribution in [0.25, 0.3) is 17.0 Å². The van der Waals surface area contributed by atoms with E-state index in [0.717, 1.165) is 0 Å². The Labute approximate surface area is 156 Å². The van der Waals surface area contributed by atoms with Crippen LogP contribution in [0.1, 0.15) is 6.92 Å². The van der Waals surface area contributed by atoms with E-state index in [1.807, 2.05) is 11.0 Å². The number of sulfonamides is 1. The standard InChI is InChI=1S/C17H19FN6O2S/c1-3-27(25,26)22(2)14-10-23(11-14)16-8-7-15-19-20-17(24(15)21-16)12-5-4-6-13(18)9-12/h4-9,14H,3,10-11H2,1-2H3. The smallest absolute Gasteiger partial charge is 0.213 e. The fraction of sp³-hybridized carbons (Fsp3) is 0.353. The molecule has 3 aromatic rings. The summed E-state index contributed by atoms with van der Waals surface area (Å²) >= 11 is 0.